The minimum Gasteiger partial charge on any atom is -0.352 e. The molecule has 5 nitrogen and oxygen atoms in total. The second kappa shape index (κ2) is 9.84. The molecule has 1 saturated heterocycles. The molecule has 0 unspecified atom stereocenters. The fraction of sp³-hybridized carbons (Fsp3) is 0.385. The lowest BCUT2D eigenvalue weighted by Gasteiger charge is -2.28. The molecule has 1 fully saturated rings. The summed E-state index contributed by atoms with van der Waals surface area (Å²) in [5.41, 5.74) is 6.96. The van der Waals surface area contributed by atoms with E-state index < -0.39 is 0 Å². The van der Waals surface area contributed by atoms with Gasteiger partial charge in [0.05, 0.1) is 17.8 Å². The van der Waals surface area contributed by atoms with Gasteiger partial charge in [-0.25, -0.2) is 0 Å². The number of aryl methyl sites for hydroxylation is 2. The van der Waals surface area contributed by atoms with E-state index in [9.17, 15) is 0 Å². The molecule has 0 spiro atoms. The predicted octanol–water partition coefficient (Wildman–Crippen LogP) is 5.38. The van der Waals surface area contributed by atoms with Crippen LogP contribution in [0, 0.1) is 20.8 Å². The summed E-state index contributed by atoms with van der Waals surface area (Å²) in [4.78, 5) is 9.23. The molecule has 2 atom stereocenters. The van der Waals surface area contributed by atoms with Crippen molar-refractivity contribution in [2.45, 2.75) is 39.3 Å². The molecule has 0 radical (unpaired) electrons. The number of hydrogen-bond acceptors (Lipinski definition) is 3. The van der Waals surface area contributed by atoms with Gasteiger partial charge in [-0.05, 0) is 102 Å². The maximum absolute atomic E-state index is 6.37. The minimum atomic E-state index is -0.00698. The van der Waals surface area contributed by atoms with Crippen molar-refractivity contribution in [1.29, 1.82) is 0 Å². The van der Waals surface area contributed by atoms with Gasteiger partial charge in [-0.2, -0.15) is 0 Å². The van der Waals surface area contributed by atoms with Gasteiger partial charge in [-0.3, -0.25) is 4.98 Å². The number of aromatic nitrogens is 2. The van der Waals surface area contributed by atoms with Crippen LogP contribution in [0.3, 0.4) is 0 Å². The highest BCUT2D eigenvalue weighted by Gasteiger charge is 2.41. The van der Waals surface area contributed by atoms with Crippen LogP contribution in [-0.4, -0.2) is 51.6 Å². The van der Waals surface area contributed by atoms with E-state index in [0.717, 1.165) is 41.0 Å². The van der Waals surface area contributed by atoms with E-state index in [2.05, 4.69) is 77.7 Å². The minimum absolute atomic E-state index is 0.00698. The van der Waals surface area contributed by atoms with Crippen LogP contribution in [-0.2, 0) is 0 Å². The van der Waals surface area contributed by atoms with Crippen molar-refractivity contribution in [2.24, 2.45) is 0 Å². The first-order valence-electron chi connectivity index (χ1n) is 11.4. The molecule has 1 aromatic carbocycles. The second-order valence-corrected chi connectivity index (χ2v) is 9.89. The first-order valence-corrected chi connectivity index (χ1v) is 12.1. The van der Waals surface area contributed by atoms with Gasteiger partial charge in [0.15, 0.2) is 5.11 Å². The number of thiocarbonyl (C=S) groups is 1. The highest BCUT2D eigenvalue weighted by atomic mass is 35.5. The lowest BCUT2D eigenvalue weighted by atomic mass is 9.96. The average Bonchev–Trinajstić information content (AvgIpc) is 3.25. The molecule has 3 aromatic rings. The Morgan fingerprint density at radius 1 is 1.12 bits per heavy atom. The number of hydrogen-bond donors (Lipinski definition) is 1. The Hall–Kier alpha value is -2.41. The molecule has 0 aliphatic carbocycles. The Morgan fingerprint density at radius 3 is 2.61 bits per heavy atom. The van der Waals surface area contributed by atoms with E-state index >= 15 is 0 Å². The van der Waals surface area contributed by atoms with Crippen LogP contribution in [0.25, 0.3) is 5.69 Å². The van der Waals surface area contributed by atoms with Gasteiger partial charge >= 0.3 is 0 Å². The largest absolute Gasteiger partial charge is 0.352 e. The van der Waals surface area contributed by atoms with Crippen LogP contribution in [0.15, 0.2) is 48.7 Å². The maximum atomic E-state index is 6.37. The van der Waals surface area contributed by atoms with E-state index in [1.165, 1.54) is 22.5 Å². The maximum Gasteiger partial charge on any atom is 0.170 e. The van der Waals surface area contributed by atoms with Crippen molar-refractivity contribution in [2.75, 3.05) is 27.2 Å². The summed E-state index contributed by atoms with van der Waals surface area (Å²) in [5.74, 6) is 0. The van der Waals surface area contributed by atoms with Crippen molar-refractivity contribution in [3.8, 4) is 5.69 Å². The van der Waals surface area contributed by atoms with Gasteiger partial charge in [0.1, 0.15) is 0 Å². The van der Waals surface area contributed by atoms with Gasteiger partial charge < -0.3 is 19.7 Å². The smallest absolute Gasteiger partial charge is 0.170 e. The molecular weight excluding hydrogens is 450 g/mol. The third-order valence-electron chi connectivity index (χ3n) is 6.40. The lowest BCUT2D eigenvalue weighted by Crippen LogP contribution is -2.32. The number of nitrogens with one attached hydrogen (secondary N) is 1. The Kier molecular flexibility index (Phi) is 7.07. The zero-order chi connectivity index (χ0) is 23.7. The van der Waals surface area contributed by atoms with E-state index in [1.807, 2.05) is 30.5 Å². The van der Waals surface area contributed by atoms with Crippen LogP contribution < -0.4 is 5.32 Å². The third kappa shape index (κ3) is 4.79. The molecule has 7 heteroatoms. The normalized spacial score (nSPS) is 18.3. The molecule has 33 heavy (non-hydrogen) atoms. The summed E-state index contributed by atoms with van der Waals surface area (Å²) in [6, 6.07) is 14.5. The number of benzene rings is 1. The van der Waals surface area contributed by atoms with Crippen LogP contribution >= 0.6 is 23.8 Å². The highest BCUT2D eigenvalue weighted by Crippen LogP contribution is 2.41. The van der Waals surface area contributed by atoms with Crippen molar-refractivity contribution < 1.29 is 0 Å². The summed E-state index contributed by atoms with van der Waals surface area (Å²) in [7, 11) is 4.21. The van der Waals surface area contributed by atoms with Gasteiger partial charge in [0.25, 0.3) is 0 Å². The number of halogens is 1. The molecule has 0 amide bonds. The third-order valence-corrected chi connectivity index (χ3v) is 6.99. The standard InChI is InChI=1S/C26H32ClN5S/c1-17-10-11-20(27)16-23(17)32-18(2)15-21(19(32)3)25-24(22-9-6-7-12-28-22)29-26(33)31(25)14-8-13-30(4)5/h6-7,9-12,15-16,24-25H,8,13-14H2,1-5H3,(H,29,33)/t24-,25-/m1/s1. The molecule has 174 valence electrons. The van der Waals surface area contributed by atoms with Crippen molar-refractivity contribution in [3.63, 3.8) is 0 Å². The van der Waals surface area contributed by atoms with Crippen LogP contribution in [0.5, 0.6) is 0 Å². The SMILES string of the molecule is Cc1ccc(Cl)cc1-n1c(C)cc([C@@H]2[C@@H](c3ccccn3)NC(=S)N2CCCN(C)C)c1C. The fourth-order valence-electron chi connectivity index (χ4n) is 4.82. The summed E-state index contributed by atoms with van der Waals surface area (Å²) >= 11 is 12.2. The summed E-state index contributed by atoms with van der Waals surface area (Å²) in [6.45, 7) is 8.38. The van der Waals surface area contributed by atoms with Gasteiger partial charge in [0.2, 0.25) is 0 Å². The molecule has 0 bridgehead atoms. The average molecular weight is 482 g/mol. The molecule has 0 saturated carbocycles. The molecule has 3 heterocycles. The molecule has 2 aromatic heterocycles. The predicted molar refractivity (Wildman–Crippen MR) is 140 cm³/mol. The summed E-state index contributed by atoms with van der Waals surface area (Å²) in [6.07, 6.45) is 2.89. The van der Waals surface area contributed by atoms with Crippen LogP contribution in [0.1, 0.15) is 46.7 Å². The first-order chi connectivity index (χ1) is 15.8. The van der Waals surface area contributed by atoms with Crippen LogP contribution in [0.4, 0.5) is 0 Å². The quantitative estimate of drug-likeness (QED) is 0.459. The van der Waals surface area contributed by atoms with Gasteiger partial charge in [0, 0.05) is 34.8 Å². The number of nitrogens with zero attached hydrogens (tertiary/aromatic N) is 4. The molecule has 1 N–H and O–H groups in total. The number of rotatable bonds is 7. The monoisotopic (exact) mass is 481 g/mol. The Labute approximate surface area is 207 Å². The topological polar surface area (TPSA) is 36.3 Å². The Balaban J connectivity index is 1.80. The van der Waals surface area contributed by atoms with E-state index in [4.69, 9.17) is 23.8 Å². The fourth-order valence-corrected chi connectivity index (χ4v) is 5.32. The van der Waals surface area contributed by atoms with Gasteiger partial charge in [-0.15, -0.1) is 0 Å². The molecule has 4 rings (SSSR count). The zero-order valence-electron chi connectivity index (χ0n) is 20.0. The van der Waals surface area contributed by atoms with Crippen LogP contribution in [0.2, 0.25) is 5.02 Å². The number of pyridine rings is 1. The molecular formula is C26H32ClN5S. The van der Waals surface area contributed by atoms with E-state index in [1.54, 1.807) is 0 Å². The van der Waals surface area contributed by atoms with E-state index in [-0.39, 0.29) is 12.1 Å². The van der Waals surface area contributed by atoms with Crippen molar-refractivity contribution >= 4 is 28.9 Å². The van der Waals surface area contributed by atoms with Crippen molar-refractivity contribution in [1.82, 2.24) is 24.7 Å². The first kappa shape index (κ1) is 23.7. The zero-order valence-corrected chi connectivity index (χ0v) is 21.5. The Morgan fingerprint density at radius 2 is 1.91 bits per heavy atom. The Bertz CT molecular complexity index is 1140. The lowest BCUT2D eigenvalue weighted by molar-refractivity contribution is 0.292. The summed E-state index contributed by atoms with van der Waals surface area (Å²) in [5, 5.41) is 5.10. The highest BCUT2D eigenvalue weighted by molar-refractivity contribution is 7.80. The molecule has 1 aliphatic heterocycles. The molecule has 1 aliphatic rings. The summed E-state index contributed by atoms with van der Waals surface area (Å²) < 4.78 is 2.31. The van der Waals surface area contributed by atoms with E-state index in [0.29, 0.717) is 0 Å². The van der Waals surface area contributed by atoms with Gasteiger partial charge in [-0.1, -0.05) is 23.7 Å². The van der Waals surface area contributed by atoms with Crippen molar-refractivity contribution in [3.05, 3.63) is 81.9 Å². The second-order valence-electron chi connectivity index (χ2n) is 9.07.